The number of hydrogen-bond donors (Lipinski definition) is 1. The van der Waals surface area contributed by atoms with E-state index in [0.29, 0.717) is 5.56 Å². The number of carbonyl (C=O) groups excluding carboxylic acids is 1. The molecule has 2 aromatic heterocycles. The summed E-state index contributed by atoms with van der Waals surface area (Å²) in [7, 11) is 0. The summed E-state index contributed by atoms with van der Waals surface area (Å²) in [4.78, 5) is 22.6. The third kappa shape index (κ3) is 2.87. The first-order chi connectivity index (χ1) is 12.0. The molecule has 0 saturated heterocycles. The minimum absolute atomic E-state index is 0.00967. The standard InChI is InChI=1S/C13H11N7O5/c1-2-24-13(21)9-10(7-4-3-5-8(6-7)20(22)23)19(18-15-9)12-11(14)16-25-17-12/h3-6H,2H2,1H3,(H2,14,16). The molecular weight excluding hydrogens is 334 g/mol. The third-order valence-electron chi connectivity index (χ3n) is 3.17. The van der Waals surface area contributed by atoms with Crippen LogP contribution in [0.1, 0.15) is 17.4 Å². The zero-order valence-electron chi connectivity index (χ0n) is 12.8. The number of nitrogen functional groups attached to an aromatic ring is 1. The lowest BCUT2D eigenvalue weighted by Crippen LogP contribution is -2.09. The SMILES string of the molecule is CCOC(=O)c1nnn(-c2nonc2N)c1-c1cccc([N+](=O)[O-])c1. The summed E-state index contributed by atoms with van der Waals surface area (Å²) < 4.78 is 10.6. The van der Waals surface area contributed by atoms with Crippen LogP contribution in [0.3, 0.4) is 0 Å². The number of carbonyl (C=O) groups is 1. The summed E-state index contributed by atoms with van der Waals surface area (Å²) in [6.07, 6.45) is 0. The summed E-state index contributed by atoms with van der Waals surface area (Å²) >= 11 is 0. The second kappa shape index (κ2) is 6.35. The van der Waals surface area contributed by atoms with Crippen molar-refractivity contribution in [2.75, 3.05) is 12.3 Å². The number of nitro groups is 1. The monoisotopic (exact) mass is 345 g/mol. The Morgan fingerprint density at radius 3 is 2.88 bits per heavy atom. The fourth-order valence-electron chi connectivity index (χ4n) is 2.13. The second-order valence-electron chi connectivity index (χ2n) is 4.70. The Labute approximate surface area is 139 Å². The predicted octanol–water partition coefficient (Wildman–Crippen LogP) is 0.984. The van der Waals surface area contributed by atoms with E-state index in [4.69, 9.17) is 10.5 Å². The summed E-state index contributed by atoms with van der Waals surface area (Å²) in [5.41, 5.74) is 5.75. The van der Waals surface area contributed by atoms with Crippen LogP contribution in [0.15, 0.2) is 28.9 Å². The highest BCUT2D eigenvalue weighted by atomic mass is 16.6. The number of ether oxygens (including phenoxy) is 1. The van der Waals surface area contributed by atoms with Crippen LogP contribution >= 0.6 is 0 Å². The lowest BCUT2D eigenvalue weighted by molar-refractivity contribution is -0.384. The number of aromatic nitrogens is 5. The Hall–Kier alpha value is -3.83. The van der Waals surface area contributed by atoms with E-state index >= 15 is 0 Å². The Morgan fingerprint density at radius 1 is 1.44 bits per heavy atom. The number of esters is 1. The van der Waals surface area contributed by atoms with E-state index in [1.54, 1.807) is 13.0 Å². The average Bonchev–Trinajstić information content (AvgIpc) is 3.20. The topological polar surface area (TPSA) is 165 Å². The van der Waals surface area contributed by atoms with Crippen molar-refractivity contribution in [3.05, 3.63) is 40.1 Å². The van der Waals surface area contributed by atoms with Gasteiger partial charge in [0.25, 0.3) is 5.69 Å². The van der Waals surface area contributed by atoms with E-state index in [9.17, 15) is 14.9 Å². The molecule has 12 heteroatoms. The van der Waals surface area contributed by atoms with Crippen molar-refractivity contribution in [1.82, 2.24) is 25.3 Å². The van der Waals surface area contributed by atoms with E-state index in [1.165, 1.54) is 18.2 Å². The van der Waals surface area contributed by atoms with Crippen LogP contribution in [0.5, 0.6) is 0 Å². The van der Waals surface area contributed by atoms with Crippen LogP contribution in [0.25, 0.3) is 17.1 Å². The fraction of sp³-hybridized carbons (Fsp3) is 0.154. The highest BCUT2D eigenvalue weighted by Gasteiger charge is 2.26. The second-order valence-corrected chi connectivity index (χ2v) is 4.70. The van der Waals surface area contributed by atoms with E-state index in [0.717, 1.165) is 4.68 Å². The predicted molar refractivity (Wildman–Crippen MR) is 81.7 cm³/mol. The first kappa shape index (κ1) is 16.0. The molecule has 0 aliphatic heterocycles. The Kier molecular flexibility index (Phi) is 4.07. The van der Waals surface area contributed by atoms with Crippen LogP contribution in [-0.4, -0.2) is 42.8 Å². The van der Waals surface area contributed by atoms with Gasteiger partial charge in [0.1, 0.15) is 5.69 Å². The number of anilines is 1. The van der Waals surface area contributed by atoms with Gasteiger partial charge in [-0.15, -0.1) is 5.10 Å². The summed E-state index contributed by atoms with van der Waals surface area (Å²) in [6.45, 7) is 1.75. The number of rotatable bonds is 5. The molecule has 3 rings (SSSR count). The maximum atomic E-state index is 12.2. The smallest absolute Gasteiger partial charge is 0.361 e. The fourth-order valence-corrected chi connectivity index (χ4v) is 2.13. The van der Waals surface area contributed by atoms with Gasteiger partial charge in [0.15, 0.2) is 5.69 Å². The minimum Gasteiger partial charge on any atom is -0.461 e. The van der Waals surface area contributed by atoms with Crippen molar-refractivity contribution in [2.45, 2.75) is 6.92 Å². The molecule has 0 bridgehead atoms. The Morgan fingerprint density at radius 2 is 2.24 bits per heavy atom. The number of nitro benzene ring substituents is 1. The molecule has 12 nitrogen and oxygen atoms in total. The quantitative estimate of drug-likeness (QED) is 0.400. The first-order valence-electron chi connectivity index (χ1n) is 6.99. The third-order valence-corrected chi connectivity index (χ3v) is 3.17. The number of benzene rings is 1. The molecular formula is C13H11N7O5. The zero-order valence-corrected chi connectivity index (χ0v) is 12.8. The largest absolute Gasteiger partial charge is 0.461 e. The normalized spacial score (nSPS) is 10.6. The molecule has 0 aliphatic rings. The minimum atomic E-state index is -0.745. The van der Waals surface area contributed by atoms with Crippen LogP contribution in [0.4, 0.5) is 11.5 Å². The number of nitrogens with zero attached hydrogens (tertiary/aromatic N) is 6. The summed E-state index contributed by atoms with van der Waals surface area (Å²) in [5, 5.41) is 25.7. The van der Waals surface area contributed by atoms with Gasteiger partial charge in [0.2, 0.25) is 11.6 Å². The van der Waals surface area contributed by atoms with Crippen LogP contribution < -0.4 is 5.73 Å². The van der Waals surface area contributed by atoms with Gasteiger partial charge in [0.05, 0.1) is 11.5 Å². The van der Waals surface area contributed by atoms with E-state index < -0.39 is 10.9 Å². The molecule has 0 fully saturated rings. The van der Waals surface area contributed by atoms with Crippen molar-refractivity contribution < 1.29 is 19.1 Å². The van der Waals surface area contributed by atoms with Crippen molar-refractivity contribution in [3.8, 4) is 17.1 Å². The molecule has 0 spiro atoms. The van der Waals surface area contributed by atoms with Crippen molar-refractivity contribution in [2.24, 2.45) is 0 Å². The average molecular weight is 345 g/mol. The zero-order chi connectivity index (χ0) is 18.0. The van der Waals surface area contributed by atoms with Gasteiger partial charge in [-0.25, -0.2) is 9.42 Å². The van der Waals surface area contributed by atoms with Crippen LogP contribution in [0, 0.1) is 10.1 Å². The molecule has 0 radical (unpaired) electrons. The lowest BCUT2D eigenvalue weighted by atomic mass is 10.1. The molecule has 2 N–H and O–H groups in total. The van der Waals surface area contributed by atoms with Crippen LogP contribution in [-0.2, 0) is 4.74 Å². The lowest BCUT2D eigenvalue weighted by Gasteiger charge is -2.06. The molecule has 2 heterocycles. The Balaban J connectivity index is 2.23. The van der Waals surface area contributed by atoms with Crippen molar-refractivity contribution >= 4 is 17.5 Å². The van der Waals surface area contributed by atoms with Gasteiger partial charge < -0.3 is 10.5 Å². The molecule has 3 aromatic rings. The molecule has 0 amide bonds. The summed E-state index contributed by atoms with van der Waals surface area (Å²) in [5.74, 6) is -0.846. The highest BCUT2D eigenvalue weighted by molar-refractivity contribution is 5.94. The summed E-state index contributed by atoms with van der Waals surface area (Å²) in [6, 6.07) is 5.59. The molecule has 128 valence electrons. The maximum absolute atomic E-state index is 12.2. The van der Waals surface area contributed by atoms with Gasteiger partial charge in [-0.05, 0) is 17.2 Å². The van der Waals surface area contributed by atoms with E-state index in [-0.39, 0.29) is 35.3 Å². The van der Waals surface area contributed by atoms with Gasteiger partial charge in [-0.3, -0.25) is 10.1 Å². The number of nitrogens with two attached hydrogens (primary N) is 1. The van der Waals surface area contributed by atoms with E-state index in [1.807, 2.05) is 0 Å². The van der Waals surface area contributed by atoms with Crippen molar-refractivity contribution in [1.29, 1.82) is 0 Å². The van der Waals surface area contributed by atoms with Gasteiger partial charge >= 0.3 is 5.97 Å². The molecule has 0 atom stereocenters. The first-order valence-corrected chi connectivity index (χ1v) is 6.99. The van der Waals surface area contributed by atoms with Gasteiger partial charge in [-0.2, -0.15) is 4.68 Å². The molecule has 25 heavy (non-hydrogen) atoms. The van der Waals surface area contributed by atoms with E-state index in [2.05, 4.69) is 25.3 Å². The van der Waals surface area contributed by atoms with Crippen molar-refractivity contribution in [3.63, 3.8) is 0 Å². The highest BCUT2D eigenvalue weighted by Crippen LogP contribution is 2.29. The molecule has 0 aliphatic carbocycles. The van der Waals surface area contributed by atoms with Crippen LogP contribution in [0.2, 0.25) is 0 Å². The van der Waals surface area contributed by atoms with Gasteiger partial charge in [-0.1, -0.05) is 17.3 Å². The molecule has 0 unspecified atom stereocenters. The molecule has 1 aromatic carbocycles. The number of hydrogen-bond acceptors (Lipinski definition) is 10. The van der Waals surface area contributed by atoms with Gasteiger partial charge in [0, 0.05) is 17.7 Å². The molecule has 0 saturated carbocycles. The Bertz CT molecular complexity index is 948. The maximum Gasteiger partial charge on any atom is 0.361 e. The number of non-ortho nitro benzene ring substituents is 1.